The Bertz CT molecular complexity index is 423. The summed E-state index contributed by atoms with van der Waals surface area (Å²) >= 11 is 0. The van der Waals surface area contributed by atoms with E-state index in [2.05, 4.69) is 5.10 Å². The fourth-order valence-electron chi connectivity index (χ4n) is 1.31. The summed E-state index contributed by atoms with van der Waals surface area (Å²) in [5.74, 6) is 0. The van der Waals surface area contributed by atoms with E-state index in [9.17, 15) is 4.39 Å². The van der Waals surface area contributed by atoms with Crippen molar-refractivity contribution in [3.63, 3.8) is 0 Å². The van der Waals surface area contributed by atoms with Gasteiger partial charge in [-0.25, -0.2) is 9.07 Å². The molecular weight excluding hydrogens is 181 g/mol. The molecule has 0 amide bonds. The number of aromatic nitrogens is 2. The van der Waals surface area contributed by atoms with Crippen molar-refractivity contribution in [1.82, 2.24) is 9.78 Å². The maximum atomic E-state index is 12.3. The van der Waals surface area contributed by atoms with Crippen molar-refractivity contribution >= 4 is 5.69 Å². The van der Waals surface area contributed by atoms with Crippen molar-refractivity contribution in [3.8, 4) is 5.69 Å². The highest BCUT2D eigenvalue weighted by atomic mass is 19.1. The Kier molecular flexibility index (Phi) is 2.18. The fraction of sp³-hybridized carbons (Fsp3) is 0.100. The van der Waals surface area contributed by atoms with Crippen LogP contribution in [0.5, 0.6) is 0 Å². The maximum Gasteiger partial charge on any atom is 0.115 e. The molecule has 0 saturated carbocycles. The van der Waals surface area contributed by atoms with E-state index >= 15 is 0 Å². The van der Waals surface area contributed by atoms with Crippen LogP contribution in [0.1, 0.15) is 5.56 Å². The smallest absolute Gasteiger partial charge is 0.115 e. The highest BCUT2D eigenvalue weighted by Crippen LogP contribution is 2.18. The largest absolute Gasteiger partial charge is 0.397 e. The molecular formula is C10H10FN3. The fourth-order valence-corrected chi connectivity index (χ4v) is 1.31. The van der Waals surface area contributed by atoms with E-state index in [1.165, 1.54) is 0 Å². The van der Waals surface area contributed by atoms with Gasteiger partial charge in [-0.15, -0.1) is 0 Å². The molecule has 2 rings (SSSR count). The maximum absolute atomic E-state index is 12.3. The minimum absolute atomic E-state index is 0.496. The van der Waals surface area contributed by atoms with Gasteiger partial charge in [-0.1, -0.05) is 6.07 Å². The quantitative estimate of drug-likeness (QED) is 0.737. The summed E-state index contributed by atoms with van der Waals surface area (Å²) in [6, 6.07) is 6.89. The van der Waals surface area contributed by atoms with Crippen LogP contribution in [0, 0.1) is 0 Å². The summed E-state index contributed by atoms with van der Waals surface area (Å²) in [4.78, 5) is 0. The lowest BCUT2D eigenvalue weighted by Gasteiger charge is -2.06. The minimum Gasteiger partial charge on any atom is -0.397 e. The van der Waals surface area contributed by atoms with Gasteiger partial charge in [-0.2, -0.15) is 5.10 Å². The molecule has 1 aromatic heterocycles. The number of nitrogens with zero attached hydrogens (tertiary/aromatic N) is 2. The van der Waals surface area contributed by atoms with Crippen molar-refractivity contribution in [3.05, 3.63) is 42.2 Å². The zero-order valence-electron chi connectivity index (χ0n) is 7.52. The van der Waals surface area contributed by atoms with Crippen molar-refractivity contribution < 1.29 is 4.39 Å². The van der Waals surface area contributed by atoms with Crippen molar-refractivity contribution in [1.29, 1.82) is 0 Å². The number of anilines is 1. The van der Waals surface area contributed by atoms with Crippen LogP contribution in [0.15, 0.2) is 36.7 Å². The molecule has 3 nitrogen and oxygen atoms in total. The first-order valence-electron chi connectivity index (χ1n) is 4.25. The molecule has 0 atom stereocenters. The second-order valence-corrected chi connectivity index (χ2v) is 2.98. The number of nitrogen functional groups attached to an aromatic ring is 1. The Labute approximate surface area is 81.0 Å². The predicted molar refractivity (Wildman–Crippen MR) is 52.8 cm³/mol. The molecule has 0 aliphatic carbocycles. The van der Waals surface area contributed by atoms with E-state index in [1.807, 2.05) is 6.07 Å². The summed E-state index contributed by atoms with van der Waals surface area (Å²) < 4.78 is 14.0. The highest BCUT2D eigenvalue weighted by Gasteiger charge is 2.02. The van der Waals surface area contributed by atoms with Crippen LogP contribution in [0.3, 0.4) is 0 Å². The molecule has 2 aromatic rings. The molecule has 1 heterocycles. The first-order valence-corrected chi connectivity index (χ1v) is 4.25. The Hall–Kier alpha value is -1.84. The van der Waals surface area contributed by atoms with E-state index in [1.54, 1.807) is 35.3 Å². The summed E-state index contributed by atoms with van der Waals surface area (Å²) in [7, 11) is 0. The second-order valence-electron chi connectivity index (χ2n) is 2.98. The first kappa shape index (κ1) is 8.74. The number of hydrogen-bond donors (Lipinski definition) is 1. The van der Waals surface area contributed by atoms with Crippen LogP contribution >= 0.6 is 0 Å². The van der Waals surface area contributed by atoms with E-state index < -0.39 is 6.67 Å². The van der Waals surface area contributed by atoms with Crippen LogP contribution in [-0.4, -0.2) is 9.78 Å². The topological polar surface area (TPSA) is 43.8 Å². The van der Waals surface area contributed by atoms with Gasteiger partial charge in [-0.05, 0) is 23.8 Å². The standard InChI is InChI=1S/C10H10FN3/c11-7-8-2-3-10(9(12)6-8)14-5-1-4-13-14/h1-6H,7,12H2. The van der Waals surface area contributed by atoms with Crippen LogP contribution in [-0.2, 0) is 6.67 Å². The Morgan fingerprint density at radius 1 is 1.43 bits per heavy atom. The van der Waals surface area contributed by atoms with Gasteiger partial charge >= 0.3 is 0 Å². The number of alkyl halides is 1. The summed E-state index contributed by atoms with van der Waals surface area (Å²) in [5.41, 5.74) is 7.64. The lowest BCUT2D eigenvalue weighted by Crippen LogP contribution is -2.00. The monoisotopic (exact) mass is 191 g/mol. The number of nitrogens with two attached hydrogens (primary N) is 1. The molecule has 0 bridgehead atoms. The van der Waals surface area contributed by atoms with Gasteiger partial charge in [-0.3, -0.25) is 0 Å². The molecule has 0 aliphatic heterocycles. The summed E-state index contributed by atoms with van der Waals surface area (Å²) in [6.07, 6.45) is 3.46. The molecule has 0 aliphatic rings. The SMILES string of the molecule is Nc1cc(CF)ccc1-n1cccn1. The molecule has 2 N–H and O–H groups in total. The van der Waals surface area contributed by atoms with E-state index in [4.69, 9.17) is 5.73 Å². The molecule has 0 fully saturated rings. The van der Waals surface area contributed by atoms with Crippen molar-refractivity contribution in [2.75, 3.05) is 5.73 Å². The third kappa shape index (κ3) is 1.46. The van der Waals surface area contributed by atoms with Crippen LogP contribution in [0.4, 0.5) is 10.1 Å². The molecule has 0 saturated heterocycles. The summed E-state index contributed by atoms with van der Waals surface area (Å²) in [5, 5.41) is 4.05. The van der Waals surface area contributed by atoms with E-state index in [0.29, 0.717) is 11.3 Å². The molecule has 14 heavy (non-hydrogen) atoms. The average Bonchev–Trinajstić information content (AvgIpc) is 2.70. The van der Waals surface area contributed by atoms with Crippen molar-refractivity contribution in [2.45, 2.75) is 6.67 Å². The number of benzene rings is 1. The zero-order valence-corrected chi connectivity index (χ0v) is 7.52. The Morgan fingerprint density at radius 3 is 2.86 bits per heavy atom. The van der Waals surface area contributed by atoms with Crippen LogP contribution < -0.4 is 5.73 Å². The van der Waals surface area contributed by atoms with Crippen LogP contribution in [0.2, 0.25) is 0 Å². The summed E-state index contributed by atoms with van der Waals surface area (Å²) in [6.45, 7) is -0.496. The van der Waals surface area contributed by atoms with Gasteiger partial charge in [0.15, 0.2) is 0 Å². The van der Waals surface area contributed by atoms with Gasteiger partial charge in [0.1, 0.15) is 6.67 Å². The van der Waals surface area contributed by atoms with Gasteiger partial charge in [0.05, 0.1) is 11.4 Å². The Morgan fingerprint density at radius 2 is 2.29 bits per heavy atom. The van der Waals surface area contributed by atoms with Gasteiger partial charge in [0.25, 0.3) is 0 Å². The molecule has 1 aromatic carbocycles. The van der Waals surface area contributed by atoms with Gasteiger partial charge in [0.2, 0.25) is 0 Å². The van der Waals surface area contributed by atoms with Gasteiger partial charge in [0, 0.05) is 12.4 Å². The number of rotatable bonds is 2. The van der Waals surface area contributed by atoms with E-state index in [0.717, 1.165) is 5.69 Å². The number of halogens is 1. The first-order chi connectivity index (χ1) is 6.81. The average molecular weight is 191 g/mol. The van der Waals surface area contributed by atoms with Gasteiger partial charge < -0.3 is 5.73 Å². The Balaban J connectivity index is 2.46. The normalized spacial score (nSPS) is 10.4. The van der Waals surface area contributed by atoms with Crippen molar-refractivity contribution in [2.24, 2.45) is 0 Å². The number of hydrogen-bond acceptors (Lipinski definition) is 2. The third-order valence-corrected chi connectivity index (χ3v) is 2.00. The molecule has 0 unspecified atom stereocenters. The minimum atomic E-state index is -0.496. The molecule has 0 spiro atoms. The lowest BCUT2D eigenvalue weighted by molar-refractivity contribution is 0.485. The zero-order chi connectivity index (χ0) is 9.97. The van der Waals surface area contributed by atoms with E-state index in [-0.39, 0.29) is 0 Å². The molecule has 0 radical (unpaired) electrons. The van der Waals surface area contributed by atoms with Crippen LogP contribution in [0.25, 0.3) is 5.69 Å². The third-order valence-electron chi connectivity index (χ3n) is 2.00. The highest BCUT2D eigenvalue weighted by molar-refractivity contribution is 5.58. The second kappa shape index (κ2) is 3.49. The predicted octanol–water partition coefficient (Wildman–Crippen LogP) is 1.92. The molecule has 4 heteroatoms. The molecule has 72 valence electrons. The lowest BCUT2D eigenvalue weighted by atomic mass is 10.2.